The fourth-order valence-electron chi connectivity index (χ4n) is 2.77. The molecule has 0 aromatic heterocycles. The molecule has 0 bridgehead atoms. The van der Waals surface area contributed by atoms with Crippen molar-refractivity contribution in [2.24, 2.45) is 10.2 Å². The number of anilines is 1. The van der Waals surface area contributed by atoms with Crippen molar-refractivity contribution in [3.8, 4) is 23.0 Å². The Hall–Kier alpha value is -3.04. The van der Waals surface area contributed by atoms with Gasteiger partial charge in [0, 0.05) is 35.0 Å². The second-order valence-corrected chi connectivity index (χ2v) is 7.34. The molecule has 2 rings (SSSR count). The lowest BCUT2D eigenvalue weighted by Gasteiger charge is -2.14. The van der Waals surface area contributed by atoms with Gasteiger partial charge in [-0.1, -0.05) is 23.2 Å². The Bertz CT molecular complexity index is 993. The summed E-state index contributed by atoms with van der Waals surface area (Å²) in [7, 11) is 2.85. The van der Waals surface area contributed by atoms with E-state index < -0.39 is 17.7 Å². The SMILES string of the molecule is CCOc1cc(Cl)cc(OCC)c1N=NC(C(C)=O)C(=O)Nc1cc(OC)c(Cl)c(OC)c1. The highest BCUT2D eigenvalue weighted by atomic mass is 35.5. The Morgan fingerprint density at radius 1 is 0.939 bits per heavy atom. The molecule has 2 aromatic rings. The van der Waals surface area contributed by atoms with Gasteiger partial charge < -0.3 is 24.3 Å². The van der Waals surface area contributed by atoms with Crippen LogP contribution in [0.5, 0.6) is 23.0 Å². The number of carbonyl (C=O) groups is 2. The van der Waals surface area contributed by atoms with Gasteiger partial charge in [-0.25, -0.2) is 0 Å². The molecule has 33 heavy (non-hydrogen) atoms. The molecule has 0 saturated carbocycles. The van der Waals surface area contributed by atoms with Gasteiger partial charge in [0.1, 0.15) is 16.5 Å². The maximum Gasteiger partial charge on any atom is 0.258 e. The Kier molecular flexibility index (Phi) is 9.74. The molecule has 0 radical (unpaired) electrons. The lowest BCUT2D eigenvalue weighted by molar-refractivity contribution is -0.126. The van der Waals surface area contributed by atoms with Crippen LogP contribution in [0.1, 0.15) is 20.8 Å². The predicted octanol–water partition coefficient (Wildman–Crippen LogP) is 5.49. The summed E-state index contributed by atoms with van der Waals surface area (Å²) in [5, 5.41) is 11.3. The minimum atomic E-state index is -1.43. The average molecular weight is 498 g/mol. The van der Waals surface area contributed by atoms with Gasteiger partial charge in [0.15, 0.2) is 23.0 Å². The molecule has 0 aliphatic carbocycles. The molecule has 1 N–H and O–H groups in total. The lowest BCUT2D eigenvalue weighted by Crippen LogP contribution is -2.31. The van der Waals surface area contributed by atoms with E-state index in [1.54, 1.807) is 26.0 Å². The van der Waals surface area contributed by atoms with Gasteiger partial charge in [0.2, 0.25) is 6.04 Å². The highest BCUT2D eigenvalue weighted by molar-refractivity contribution is 6.33. The van der Waals surface area contributed by atoms with Crippen molar-refractivity contribution >= 4 is 46.3 Å². The molecule has 0 aliphatic rings. The third-order valence-corrected chi connectivity index (χ3v) is 4.82. The first-order chi connectivity index (χ1) is 15.7. The monoisotopic (exact) mass is 497 g/mol. The summed E-state index contributed by atoms with van der Waals surface area (Å²) in [5.74, 6) is -0.0249. The van der Waals surface area contributed by atoms with Gasteiger partial charge in [-0.3, -0.25) is 9.59 Å². The maximum atomic E-state index is 12.9. The quantitative estimate of drug-likeness (QED) is 0.324. The number of Topliss-reactive ketones (excluding diaryl/α,β-unsaturated/α-hetero) is 1. The minimum Gasteiger partial charge on any atom is -0.495 e. The number of amides is 1. The van der Waals surface area contributed by atoms with E-state index in [4.69, 9.17) is 42.1 Å². The molecular weight excluding hydrogens is 473 g/mol. The van der Waals surface area contributed by atoms with Crippen LogP contribution in [0, 0.1) is 0 Å². The molecule has 1 unspecified atom stereocenters. The van der Waals surface area contributed by atoms with E-state index in [1.165, 1.54) is 33.3 Å². The number of ether oxygens (including phenoxy) is 4. The number of methoxy groups -OCH3 is 2. The molecule has 11 heteroatoms. The number of hydrogen-bond acceptors (Lipinski definition) is 8. The molecule has 0 saturated heterocycles. The van der Waals surface area contributed by atoms with Gasteiger partial charge in [-0.05, 0) is 20.8 Å². The van der Waals surface area contributed by atoms with Gasteiger partial charge >= 0.3 is 0 Å². The topological polar surface area (TPSA) is 108 Å². The van der Waals surface area contributed by atoms with Gasteiger partial charge in [-0.2, -0.15) is 5.11 Å². The molecule has 0 spiro atoms. The summed E-state index contributed by atoms with van der Waals surface area (Å²) in [6, 6.07) is 4.67. The summed E-state index contributed by atoms with van der Waals surface area (Å²) < 4.78 is 21.5. The number of carbonyl (C=O) groups excluding carboxylic acids is 2. The predicted molar refractivity (Wildman–Crippen MR) is 126 cm³/mol. The number of halogens is 2. The van der Waals surface area contributed by atoms with E-state index >= 15 is 0 Å². The zero-order chi connectivity index (χ0) is 24.5. The largest absolute Gasteiger partial charge is 0.495 e. The number of nitrogens with one attached hydrogen (secondary N) is 1. The van der Waals surface area contributed by atoms with Crippen LogP contribution in [0.15, 0.2) is 34.5 Å². The van der Waals surface area contributed by atoms with Crippen molar-refractivity contribution in [2.45, 2.75) is 26.8 Å². The third kappa shape index (κ3) is 6.72. The van der Waals surface area contributed by atoms with Crippen LogP contribution < -0.4 is 24.3 Å². The second kappa shape index (κ2) is 12.3. The van der Waals surface area contributed by atoms with E-state index in [9.17, 15) is 9.59 Å². The summed E-state index contributed by atoms with van der Waals surface area (Å²) >= 11 is 12.3. The molecule has 1 atom stereocenters. The number of rotatable bonds is 11. The molecule has 178 valence electrons. The zero-order valence-corrected chi connectivity index (χ0v) is 20.4. The highest BCUT2D eigenvalue weighted by Gasteiger charge is 2.25. The Labute approximate surface area is 202 Å². The Morgan fingerprint density at radius 2 is 1.45 bits per heavy atom. The number of nitrogens with zero attached hydrogens (tertiary/aromatic N) is 2. The normalized spacial score (nSPS) is 11.7. The number of azo groups is 1. The second-order valence-electron chi connectivity index (χ2n) is 6.53. The van der Waals surface area contributed by atoms with Gasteiger partial charge in [-0.15, -0.1) is 5.11 Å². The molecule has 0 aliphatic heterocycles. The summed E-state index contributed by atoms with van der Waals surface area (Å²) in [6.07, 6.45) is 0. The van der Waals surface area contributed by atoms with Crippen LogP contribution in [0.25, 0.3) is 0 Å². The van der Waals surface area contributed by atoms with Crippen LogP contribution in [0.2, 0.25) is 10.0 Å². The average Bonchev–Trinajstić information content (AvgIpc) is 2.76. The van der Waals surface area contributed by atoms with Crippen LogP contribution in [-0.4, -0.2) is 45.2 Å². The zero-order valence-electron chi connectivity index (χ0n) is 18.9. The van der Waals surface area contributed by atoms with Crippen molar-refractivity contribution < 1.29 is 28.5 Å². The van der Waals surface area contributed by atoms with Crippen LogP contribution >= 0.6 is 23.2 Å². The molecular formula is C22H25Cl2N3O6. The molecule has 0 heterocycles. The van der Waals surface area contributed by atoms with Crippen molar-refractivity contribution in [3.05, 3.63) is 34.3 Å². The first-order valence-electron chi connectivity index (χ1n) is 9.98. The van der Waals surface area contributed by atoms with Crippen molar-refractivity contribution in [3.63, 3.8) is 0 Å². The minimum absolute atomic E-state index is 0.219. The summed E-state index contributed by atoms with van der Waals surface area (Å²) in [6.45, 7) is 5.50. The number of benzene rings is 2. The Balaban J connectivity index is 2.39. The van der Waals surface area contributed by atoms with Crippen LogP contribution in [-0.2, 0) is 9.59 Å². The van der Waals surface area contributed by atoms with E-state index in [0.717, 1.165) is 0 Å². The van der Waals surface area contributed by atoms with E-state index in [2.05, 4.69) is 15.5 Å². The number of ketones is 1. The molecule has 2 aromatic carbocycles. The lowest BCUT2D eigenvalue weighted by atomic mass is 10.2. The van der Waals surface area contributed by atoms with Crippen molar-refractivity contribution in [1.29, 1.82) is 0 Å². The van der Waals surface area contributed by atoms with Crippen molar-refractivity contribution in [2.75, 3.05) is 32.8 Å². The first-order valence-corrected chi connectivity index (χ1v) is 10.7. The molecule has 9 nitrogen and oxygen atoms in total. The maximum absolute atomic E-state index is 12.9. The standard InChI is InChI=1S/C22H25Cl2N3O6/c1-6-32-17-8-13(23)9-18(33-7-2)21(17)27-26-20(12(3)28)22(29)25-14-10-15(30-4)19(24)16(11-14)31-5/h8-11,20H,6-7H2,1-5H3,(H,25,29). The van der Waals surface area contributed by atoms with Crippen LogP contribution in [0.4, 0.5) is 11.4 Å². The highest BCUT2D eigenvalue weighted by Crippen LogP contribution is 2.41. The summed E-state index contributed by atoms with van der Waals surface area (Å²) in [4.78, 5) is 25.1. The van der Waals surface area contributed by atoms with Crippen LogP contribution in [0.3, 0.4) is 0 Å². The smallest absolute Gasteiger partial charge is 0.258 e. The van der Waals surface area contributed by atoms with Gasteiger partial charge in [0.05, 0.1) is 27.4 Å². The first kappa shape index (κ1) is 26.2. The Morgan fingerprint density at radius 3 is 1.88 bits per heavy atom. The molecule has 0 fully saturated rings. The van der Waals surface area contributed by atoms with E-state index in [1.807, 2.05) is 0 Å². The third-order valence-electron chi connectivity index (χ3n) is 4.22. The molecule has 1 amide bonds. The summed E-state index contributed by atoms with van der Waals surface area (Å²) in [5.41, 5.74) is 0.521. The van der Waals surface area contributed by atoms with Gasteiger partial charge in [0.25, 0.3) is 5.91 Å². The fraction of sp³-hybridized carbons (Fsp3) is 0.364. The number of hydrogen-bond donors (Lipinski definition) is 1. The fourth-order valence-corrected chi connectivity index (χ4v) is 3.23. The van der Waals surface area contributed by atoms with Crippen molar-refractivity contribution in [1.82, 2.24) is 0 Å². The van der Waals surface area contributed by atoms with E-state index in [0.29, 0.717) is 35.4 Å². The van der Waals surface area contributed by atoms with E-state index in [-0.39, 0.29) is 22.2 Å².